The molecule has 2 amide bonds. The third kappa shape index (κ3) is 6.44. The van der Waals surface area contributed by atoms with Gasteiger partial charge in [-0.1, -0.05) is 6.07 Å². The summed E-state index contributed by atoms with van der Waals surface area (Å²) in [6.07, 6.45) is 0.0964. The molecule has 7 nitrogen and oxygen atoms in total. The summed E-state index contributed by atoms with van der Waals surface area (Å²) in [6, 6.07) is 3.19. The van der Waals surface area contributed by atoms with E-state index in [0.717, 1.165) is 0 Å². The smallest absolute Gasteiger partial charge is 0.239 e. The number of hydrogen-bond acceptors (Lipinski definition) is 5. The zero-order valence-electron chi connectivity index (χ0n) is 18.3. The molecule has 2 unspecified atom stereocenters. The van der Waals surface area contributed by atoms with Crippen molar-refractivity contribution in [2.24, 2.45) is 0 Å². The second kappa shape index (κ2) is 11.0. The average Bonchev–Trinajstić information content (AvgIpc) is 2.76. The van der Waals surface area contributed by atoms with Gasteiger partial charge < -0.3 is 15.0 Å². The lowest BCUT2D eigenvalue weighted by Gasteiger charge is -2.39. The highest BCUT2D eigenvalue weighted by Gasteiger charge is 2.30. The SMILES string of the molecule is CC(Cc1c(F)cccc1F)NC(=O)CN1CCN(C(C)C(=O)N2CCOCC2)CC1. The summed E-state index contributed by atoms with van der Waals surface area (Å²) in [4.78, 5) is 31.1. The average molecular weight is 439 g/mol. The molecule has 172 valence electrons. The van der Waals surface area contributed by atoms with Crippen LogP contribution >= 0.6 is 0 Å². The predicted octanol–water partition coefficient (Wildman–Crippen LogP) is 0.877. The molecule has 0 spiro atoms. The molecule has 9 heteroatoms. The number of ether oxygens (including phenoxy) is 1. The molecule has 2 aliphatic heterocycles. The topological polar surface area (TPSA) is 65.1 Å². The summed E-state index contributed by atoms with van der Waals surface area (Å²) in [5.41, 5.74) is -0.0113. The van der Waals surface area contributed by atoms with Gasteiger partial charge in [0, 0.05) is 50.9 Å². The molecule has 2 fully saturated rings. The Hall–Kier alpha value is -2.10. The Balaban J connectivity index is 1.40. The Labute approximate surface area is 182 Å². The molecule has 0 aromatic heterocycles. The highest BCUT2D eigenvalue weighted by Crippen LogP contribution is 2.14. The minimum atomic E-state index is -0.599. The molecule has 2 aliphatic rings. The number of amides is 2. The highest BCUT2D eigenvalue weighted by atomic mass is 19.1. The van der Waals surface area contributed by atoms with Crippen LogP contribution in [-0.4, -0.2) is 97.6 Å². The molecule has 0 bridgehead atoms. The van der Waals surface area contributed by atoms with Crippen molar-refractivity contribution in [2.45, 2.75) is 32.4 Å². The molecule has 1 aromatic carbocycles. The number of halogens is 2. The van der Waals surface area contributed by atoms with Gasteiger partial charge in [-0.15, -0.1) is 0 Å². The molecule has 3 rings (SSSR count). The lowest BCUT2D eigenvalue weighted by Crippen LogP contribution is -2.56. The fourth-order valence-corrected chi connectivity index (χ4v) is 4.12. The van der Waals surface area contributed by atoms with Crippen LogP contribution in [-0.2, 0) is 20.7 Å². The Bertz CT molecular complexity index is 745. The monoisotopic (exact) mass is 438 g/mol. The highest BCUT2D eigenvalue weighted by molar-refractivity contribution is 5.81. The lowest BCUT2D eigenvalue weighted by atomic mass is 10.1. The van der Waals surface area contributed by atoms with E-state index in [-0.39, 0.29) is 42.4 Å². The van der Waals surface area contributed by atoms with E-state index in [2.05, 4.69) is 10.2 Å². The van der Waals surface area contributed by atoms with Gasteiger partial charge in [0.2, 0.25) is 11.8 Å². The zero-order valence-corrected chi connectivity index (χ0v) is 18.3. The molecule has 0 saturated carbocycles. The number of benzene rings is 1. The Morgan fingerprint density at radius 3 is 2.26 bits per heavy atom. The third-order valence-electron chi connectivity index (χ3n) is 5.98. The van der Waals surface area contributed by atoms with Gasteiger partial charge in [-0.05, 0) is 32.4 Å². The summed E-state index contributed by atoms with van der Waals surface area (Å²) in [5, 5.41) is 2.83. The summed E-state index contributed by atoms with van der Waals surface area (Å²) < 4.78 is 32.9. The maximum absolute atomic E-state index is 13.8. The van der Waals surface area contributed by atoms with Crippen molar-refractivity contribution in [3.63, 3.8) is 0 Å². The maximum atomic E-state index is 13.8. The number of carbonyl (C=O) groups excluding carboxylic acids is 2. The summed E-state index contributed by atoms with van der Waals surface area (Å²) in [6.45, 7) is 9.13. The molecular weight excluding hydrogens is 406 g/mol. The Morgan fingerprint density at radius 1 is 1.03 bits per heavy atom. The number of nitrogens with one attached hydrogen (secondary N) is 1. The van der Waals surface area contributed by atoms with Crippen LogP contribution in [0, 0.1) is 11.6 Å². The molecule has 2 heterocycles. The van der Waals surface area contributed by atoms with Crippen molar-refractivity contribution in [3.05, 3.63) is 35.4 Å². The van der Waals surface area contributed by atoms with Crippen molar-refractivity contribution in [1.82, 2.24) is 20.0 Å². The molecular formula is C22H32F2N4O3. The van der Waals surface area contributed by atoms with E-state index in [1.54, 1.807) is 6.92 Å². The fraction of sp³-hybridized carbons (Fsp3) is 0.636. The van der Waals surface area contributed by atoms with Gasteiger partial charge in [-0.3, -0.25) is 19.4 Å². The number of piperazine rings is 1. The zero-order chi connectivity index (χ0) is 22.4. The molecule has 1 aromatic rings. The summed E-state index contributed by atoms with van der Waals surface area (Å²) in [7, 11) is 0. The summed E-state index contributed by atoms with van der Waals surface area (Å²) in [5.74, 6) is -1.24. The number of carbonyl (C=O) groups is 2. The van der Waals surface area contributed by atoms with Gasteiger partial charge in [0.25, 0.3) is 0 Å². The fourth-order valence-electron chi connectivity index (χ4n) is 4.12. The van der Waals surface area contributed by atoms with Gasteiger partial charge >= 0.3 is 0 Å². The van der Waals surface area contributed by atoms with Gasteiger partial charge in [0.15, 0.2) is 0 Å². The minimum Gasteiger partial charge on any atom is -0.378 e. The molecule has 2 saturated heterocycles. The van der Waals surface area contributed by atoms with E-state index < -0.39 is 11.6 Å². The molecule has 1 N–H and O–H groups in total. The van der Waals surface area contributed by atoms with Gasteiger partial charge in [0.1, 0.15) is 11.6 Å². The largest absolute Gasteiger partial charge is 0.378 e. The predicted molar refractivity (Wildman–Crippen MR) is 113 cm³/mol. The van der Waals surface area contributed by atoms with Crippen LogP contribution in [0.5, 0.6) is 0 Å². The first-order valence-corrected chi connectivity index (χ1v) is 10.9. The van der Waals surface area contributed by atoms with Crippen LogP contribution < -0.4 is 5.32 Å². The van der Waals surface area contributed by atoms with E-state index in [1.807, 2.05) is 16.7 Å². The third-order valence-corrected chi connectivity index (χ3v) is 5.98. The first-order chi connectivity index (χ1) is 14.8. The van der Waals surface area contributed by atoms with Crippen LogP contribution in [0.25, 0.3) is 0 Å². The van der Waals surface area contributed by atoms with Crippen LogP contribution in [0.2, 0.25) is 0 Å². The molecule has 31 heavy (non-hydrogen) atoms. The number of hydrogen-bond donors (Lipinski definition) is 1. The van der Waals surface area contributed by atoms with E-state index in [4.69, 9.17) is 4.74 Å². The maximum Gasteiger partial charge on any atom is 0.239 e. The number of morpholine rings is 1. The molecule has 2 atom stereocenters. The quantitative estimate of drug-likeness (QED) is 0.685. The van der Waals surface area contributed by atoms with Crippen LogP contribution in [0.15, 0.2) is 18.2 Å². The Kier molecular flexibility index (Phi) is 8.34. The van der Waals surface area contributed by atoms with Gasteiger partial charge in [-0.25, -0.2) is 8.78 Å². The second-order valence-corrected chi connectivity index (χ2v) is 8.30. The first-order valence-electron chi connectivity index (χ1n) is 10.9. The van der Waals surface area contributed by atoms with Crippen molar-refractivity contribution >= 4 is 11.8 Å². The van der Waals surface area contributed by atoms with E-state index in [0.29, 0.717) is 52.5 Å². The van der Waals surface area contributed by atoms with E-state index in [1.165, 1.54) is 18.2 Å². The summed E-state index contributed by atoms with van der Waals surface area (Å²) >= 11 is 0. The number of nitrogens with zero attached hydrogens (tertiary/aromatic N) is 3. The lowest BCUT2D eigenvalue weighted by molar-refractivity contribution is -0.141. The minimum absolute atomic E-state index is 0.0113. The van der Waals surface area contributed by atoms with E-state index in [9.17, 15) is 18.4 Å². The van der Waals surface area contributed by atoms with Crippen molar-refractivity contribution < 1.29 is 23.1 Å². The first kappa shape index (κ1) is 23.6. The second-order valence-electron chi connectivity index (χ2n) is 8.30. The standard InChI is InChI=1S/C22H32F2N4O3/c1-16(14-18-19(23)4-3-5-20(18)24)25-21(29)15-26-6-8-27(9-7-26)17(2)22(30)28-10-12-31-13-11-28/h3-5,16-17H,6-15H2,1-2H3,(H,25,29). The van der Waals surface area contributed by atoms with Crippen molar-refractivity contribution in [2.75, 3.05) is 59.0 Å². The Morgan fingerprint density at radius 2 is 1.65 bits per heavy atom. The van der Waals surface area contributed by atoms with Crippen LogP contribution in [0.1, 0.15) is 19.4 Å². The molecule has 0 radical (unpaired) electrons. The van der Waals surface area contributed by atoms with Gasteiger partial charge in [-0.2, -0.15) is 0 Å². The van der Waals surface area contributed by atoms with Crippen molar-refractivity contribution in [3.8, 4) is 0 Å². The normalized spacial score (nSPS) is 20.3. The van der Waals surface area contributed by atoms with Crippen LogP contribution in [0.3, 0.4) is 0 Å². The van der Waals surface area contributed by atoms with E-state index >= 15 is 0 Å². The van der Waals surface area contributed by atoms with Crippen LogP contribution in [0.4, 0.5) is 8.78 Å². The van der Waals surface area contributed by atoms with Crippen molar-refractivity contribution in [1.29, 1.82) is 0 Å². The molecule has 0 aliphatic carbocycles. The van der Waals surface area contributed by atoms with Gasteiger partial charge in [0.05, 0.1) is 25.8 Å². The number of rotatable bonds is 7.